The van der Waals surface area contributed by atoms with Gasteiger partial charge in [-0.2, -0.15) is 0 Å². The molecule has 0 amide bonds. The fourth-order valence-electron chi connectivity index (χ4n) is 2.22. The standard InChI is InChI=1S/C17H17ClO3/c1-21-15-8-6-12(7-9-15)10-14(17(19)20)11-13-4-2-3-5-16(13)18/h2-9,14H,10-11H2,1H3,(H,19,20). The molecule has 1 atom stereocenters. The zero-order valence-corrected chi connectivity index (χ0v) is 12.5. The molecule has 0 aromatic heterocycles. The van der Waals surface area contributed by atoms with Crippen molar-refractivity contribution in [2.75, 3.05) is 7.11 Å². The van der Waals surface area contributed by atoms with E-state index < -0.39 is 11.9 Å². The molecule has 1 unspecified atom stereocenters. The lowest BCUT2D eigenvalue weighted by Crippen LogP contribution is -2.19. The average Bonchev–Trinajstić information content (AvgIpc) is 2.49. The summed E-state index contributed by atoms with van der Waals surface area (Å²) >= 11 is 6.11. The van der Waals surface area contributed by atoms with Gasteiger partial charge < -0.3 is 9.84 Å². The molecule has 2 aromatic rings. The molecule has 0 spiro atoms. The highest BCUT2D eigenvalue weighted by atomic mass is 35.5. The van der Waals surface area contributed by atoms with E-state index in [1.54, 1.807) is 13.2 Å². The van der Waals surface area contributed by atoms with Crippen LogP contribution in [-0.4, -0.2) is 18.2 Å². The third-order valence-electron chi connectivity index (χ3n) is 3.41. The number of halogens is 1. The van der Waals surface area contributed by atoms with Gasteiger partial charge in [-0.1, -0.05) is 41.9 Å². The number of carboxylic acid groups (broad SMARTS) is 1. The summed E-state index contributed by atoms with van der Waals surface area (Å²) in [5, 5.41) is 10.0. The lowest BCUT2D eigenvalue weighted by atomic mass is 9.92. The maximum atomic E-state index is 11.5. The summed E-state index contributed by atoms with van der Waals surface area (Å²) in [6.07, 6.45) is 0.881. The van der Waals surface area contributed by atoms with Gasteiger partial charge in [0.05, 0.1) is 13.0 Å². The van der Waals surface area contributed by atoms with Crippen LogP contribution in [0.3, 0.4) is 0 Å². The number of carboxylic acids is 1. The summed E-state index contributed by atoms with van der Waals surface area (Å²) in [6.45, 7) is 0. The van der Waals surface area contributed by atoms with Gasteiger partial charge in [0.1, 0.15) is 5.75 Å². The van der Waals surface area contributed by atoms with Crippen molar-refractivity contribution in [2.45, 2.75) is 12.8 Å². The summed E-state index contributed by atoms with van der Waals surface area (Å²) in [5.74, 6) is -0.555. The first kappa shape index (κ1) is 15.4. The zero-order chi connectivity index (χ0) is 15.2. The number of ether oxygens (including phenoxy) is 1. The van der Waals surface area contributed by atoms with Crippen LogP contribution >= 0.6 is 11.6 Å². The second-order valence-electron chi connectivity index (χ2n) is 4.88. The van der Waals surface area contributed by atoms with Crippen molar-refractivity contribution in [1.82, 2.24) is 0 Å². The molecule has 0 aliphatic carbocycles. The van der Waals surface area contributed by atoms with Gasteiger partial charge in [0.15, 0.2) is 0 Å². The highest BCUT2D eigenvalue weighted by Crippen LogP contribution is 2.22. The second kappa shape index (κ2) is 7.14. The fourth-order valence-corrected chi connectivity index (χ4v) is 2.44. The molecule has 0 aliphatic rings. The number of methoxy groups -OCH3 is 1. The predicted molar refractivity (Wildman–Crippen MR) is 83.0 cm³/mol. The molecule has 0 saturated carbocycles. The highest BCUT2D eigenvalue weighted by Gasteiger charge is 2.19. The number of rotatable bonds is 6. The Kier molecular flexibility index (Phi) is 5.23. The third-order valence-corrected chi connectivity index (χ3v) is 3.78. The van der Waals surface area contributed by atoms with Gasteiger partial charge in [-0.05, 0) is 42.2 Å². The summed E-state index contributed by atoms with van der Waals surface area (Å²) < 4.78 is 5.10. The molecule has 0 saturated heterocycles. The van der Waals surface area contributed by atoms with Crippen LogP contribution in [0, 0.1) is 5.92 Å². The number of aliphatic carboxylic acids is 1. The average molecular weight is 305 g/mol. The van der Waals surface area contributed by atoms with Crippen LogP contribution in [0.2, 0.25) is 5.02 Å². The number of carbonyl (C=O) groups is 1. The minimum atomic E-state index is -0.814. The van der Waals surface area contributed by atoms with E-state index in [1.807, 2.05) is 42.5 Å². The first-order chi connectivity index (χ1) is 10.1. The van der Waals surface area contributed by atoms with Crippen LogP contribution in [-0.2, 0) is 17.6 Å². The van der Waals surface area contributed by atoms with Crippen LogP contribution in [0.4, 0.5) is 0 Å². The molecule has 0 radical (unpaired) electrons. The lowest BCUT2D eigenvalue weighted by molar-refractivity contribution is -0.141. The Morgan fingerprint density at radius 1 is 1.14 bits per heavy atom. The van der Waals surface area contributed by atoms with E-state index in [9.17, 15) is 9.90 Å². The van der Waals surface area contributed by atoms with Gasteiger partial charge in [-0.3, -0.25) is 4.79 Å². The number of hydrogen-bond donors (Lipinski definition) is 1. The van der Waals surface area contributed by atoms with Crippen LogP contribution < -0.4 is 4.74 Å². The van der Waals surface area contributed by atoms with Crippen molar-refractivity contribution in [3.05, 3.63) is 64.7 Å². The van der Waals surface area contributed by atoms with Crippen LogP contribution in [0.1, 0.15) is 11.1 Å². The molecule has 1 N–H and O–H groups in total. The second-order valence-corrected chi connectivity index (χ2v) is 5.29. The molecule has 4 heteroatoms. The highest BCUT2D eigenvalue weighted by molar-refractivity contribution is 6.31. The Labute approximate surface area is 129 Å². The maximum absolute atomic E-state index is 11.5. The van der Waals surface area contributed by atoms with E-state index in [-0.39, 0.29) is 0 Å². The van der Waals surface area contributed by atoms with E-state index in [4.69, 9.17) is 16.3 Å². The molecule has 2 aromatic carbocycles. The SMILES string of the molecule is COc1ccc(CC(Cc2ccccc2Cl)C(=O)O)cc1. The van der Waals surface area contributed by atoms with Crippen LogP contribution in [0.5, 0.6) is 5.75 Å². The monoisotopic (exact) mass is 304 g/mol. The van der Waals surface area contributed by atoms with E-state index in [0.29, 0.717) is 17.9 Å². The van der Waals surface area contributed by atoms with Gasteiger partial charge in [0.25, 0.3) is 0 Å². The van der Waals surface area contributed by atoms with Gasteiger partial charge in [-0.25, -0.2) is 0 Å². The van der Waals surface area contributed by atoms with Crippen molar-refractivity contribution in [1.29, 1.82) is 0 Å². The maximum Gasteiger partial charge on any atom is 0.307 e. The topological polar surface area (TPSA) is 46.5 Å². The first-order valence-electron chi connectivity index (χ1n) is 6.69. The van der Waals surface area contributed by atoms with Gasteiger partial charge in [-0.15, -0.1) is 0 Å². The smallest absolute Gasteiger partial charge is 0.307 e. The largest absolute Gasteiger partial charge is 0.497 e. The van der Waals surface area contributed by atoms with Crippen molar-refractivity contribution in [3.8, 4) is 5.75 Å². The van der Waals surface area contributed by atoms with E-state index in [0.717, 1.165) is 16.9 Å². The Morgan fingerprint density at radius 2 is 1.81 bits per heavy atom. The Bertz CT molecular complexity index is 608. The molecule has 0 fully saturated rings. The summed E-state index contributed by atoms with van der Waals surface area (Å²) in [7, 11) is 1.60. The third kappa shape index (κ3) is 4.23. The van der Waals surface area contributed by atoms with E-state index >= 15 is 0 Å². The molecule has 21 heavy (non-hydrogen) atoms. The predicted octanol–water partition coefficient (Wildman–Crippen LogP) is 3.83. The molecule has 3 nitrogen and oxygen atoms in total. The van der Waals surface area contributed by atoms with E-state index in [1.165, 1.54) is 0 Å². The van der Waals surface area contributed by atoms with Gasteiger partial charge in [0, 0.05) is 5.02 Å². The number of benzene rings is 2. The van der Waals surface area contributed by atoms with Gasteiger partial charge in [0.2, 0.25) is 0 Å². The molecule has 110 valence electrons. The van der Waals surface area contributed by atoms with Gasteiger partial charge >= 0.3 is 5.97 Å². The quantitative estimate of drug-likeness (QED) is 0.882. The zero-order valence-electron chi connectivity index (χ0n) is 11.8. The number of hydrogen-bond acceptors (Lipinski definition) is 2. The Balaban J connectivity index is 2.12. The summed E-state index contributed by atoms with van der Waals surface area (Å²) in [4.78, 5) is 11.5. The van der Waals surface area contributed by atoms with Crippen molar-refractivity contribution < 1.29 is 14.6 Å². The van der Waals surface area contributed by atoms with Crippen molar-refractivity contribution in [2.24, 2.45) is 5.92 Å². The Morgan fingerprint density at radius 3 is 2.38 bits per heavy atom. The Hall–Kier alpha value is -2.00. The molecule has 2 rings (SSSR count). The van der Waals surface area contributed by atoms with Crippen LogP contribution in [0.15, 0.2) is 48.5 Å². The van der Waals surface area contributed by atoms with Crippen molar-refractivity contribution >= 4 is 17.6 Å². The van der Waals surface area contributed by atoms with Crippen molar-refractivity contribution in [3.63, 3.8) is 0 Å². The normalized spacial score (nSPS) is 11.9. The summed E-state index contributed by atoms with van der Waals surface area (Å²) in [5.41, 5.74) is 1.83. The van der Waals surface area contributed by atoms with E-state index in [2.05, 4.69) is 0 Å². The van der Waals surface area contributed by atoms with Crippen LogP contribution in [0.25, 0.3) is 0 Å². The molecule has 0 bridgehead atoms. The molecule has 0 aliphatic heterocycles. The summed E-state index contributed by atoms with van der Waals surface area (Å²) in [6, 6.07) is 14.8. The minimum absolute atomic E-state index is 0.418. The molecule has 0 heterocycles. The first-order valence-corrected chi connectivity index (χ1v) is 7.07. The molecular formula is C17H17ClO3. The fraction of sp³-hybridized carbons (Fsp3) is 0.235. The minimum Gasteiger partial charge on any atom is -0.497 e. The lowest BCUT2D eigenvalue weighted by Gasteiger charge is -2.14. The molecular weight excluding hydrogens is 288 g/mol.